The molecule has 1 rings (SSSR count). The van der Waals surface area contributed by atoms with Gasteiger partial charge in [0.15, 0.2) is 0 Å². The minimum absolute atomic E-state index is 0.307. The van der Waals surface area contributed by atoms with Crippen molar-refractivity contribution in [2.24, 2.45) is 0 Å². The number of halogens is 1. The van der Waals surface area contributed by atoms with Crippen molar-refractivity contribution in [1.29, 1.82) is 0 Å². The van der Waals surface area contributed by atoms with Gasteiger partial charge in [-0.15, -0.1) is 12.3 Å². The van der Waals surface area contributed by atoms with Crippen LogP contribution in [-0.2, 0) is 0 Å². The van der Waals surface area contributed by atoms with Gasteiger partial charge in [-0.25, -0.2) is 0 Å². The van der Waals surface area contributed by atoms with Crippen molar-refractivity contribution in [3.05, 3.63) is 28.3 Å². The van der Waals surface area contributed by atoms with Crippen molar-refractivity contribution in [3.63, 3.8) is 0 Å². The van der Waals surface area contributed by atoms with E-state index in [0.717, 1.165) is 28.3 Å². The summed E-state index contributed by atoms with van der Waals surface area (Å²) in [7, 11) is 1.71. The van der Waals surface area contributed by atoms with Crippen molar-refractivity contribution in [2.45, 2.75) is 45.4 Å². The number of methoxy groups -OCH3 is 1. The molecule has 0 aromatic heterocycles. The molecule has 1 atom stereocenters. The topological polar surface area (TPSA) is 9.23 Å². The largest absolute Gasteiger partial charge is 0.496 e. The number of rotatable bonds is 5. The van der Waals surface area contributed by atoms with Crippen molar-refractivity contribution in [3.8, 4) is 18.1 Å². The summed E-state index contributed by atoms with van der Waals surface area (Å²) in [5.41, 5.74) is 2.28. The van der Waals surface area contributed by atoms with Crippen LogP contribution in [-0.4, -0.2) is 7.11 Å². The highest BCUT2D eigenvalue weighted by Gasteiger charge is 2.19. The lowest BCUT2D eigenvalue weighted by Crippen LogP contribution is -2.04. The molecule has 98 valence electrons. The first-order valence-electron chi connectivity index (χ1n) is 6.35. The highest BCUT2D eigenvalue weighted by atomic mass is 35.5. The van der Waals surface area contributed by atoms with E-state index in [2.05, 4.69) is 26.7 Å². The second-order valence-corrected chi connectivity index (χ2v) is 5.22. The van der Waals surface area contributed by atoms with Gasteiger partial charge in [0.25, 0.3) is 0 Å². The Bertz CT molecular complexity index is 443. The fourth-order valence-electron chi connectivity index (χ4n) is 2.22. The summed E-state index contributed by atoms with van der Waals surface area (Å²) in [5, 5.41) is 0.755. The Hall–Kier alpha value is -1.13. The molecule has 0 aliphatic heterocycles. The molecule has 0 spiro atoms. The standard InChI is InChI=1S/C16H21ClO/c1-6-8-12(7-2)15-10-13(17)9-14(11(3)4)16(15)18-5/h1,9-12H,7-8H2,2-5H3. The summed E-state index contributed by atoms with van der Waals surface area (Å²) < 4.78 is 5.59. The minimum Gasteiger partial charge on any atom is -0.496 e. The maximum atomic E-state index is 6.22. The molecule has 0 saturated carbocycles. The van der Waals surface area contributed by atoms with Crippen molar-refractivity contribution >= 4 is 11.6 Å². The summed E-state index contributed by atoms with van der Waals surface area (Å²) in [6, 6.07) is 3.97. The van der Waals surface area contributed by atoms with Crippen LogP contribution in [0.5, 0.6) is 5.75 Å². The molecule has 0 aliphatic carbocycles. The van der Waals surface area contributed by atoms with Crippen LogP contribution in [0.25, 0.3) is 0 Å². The van der Waals surface area contributed by atoms with Gasteiger partial charge in [0, 0.05) is 11.4 Å². The molecule has 0 saturated heterocycles. The molecule has 1 unspecified atom stereocenters. The van der Waals surface area contributed by atoms with Gasteiger partial charge in [0.2, 0.25) is 0 Å². The zero-order valence-corrected chi connectivity index (χ0v) is 12.3. The summed E-state index contributed by atoms with van der Waals surface area (Å²) >= 11 is 6.22. The molecule has 0 heterocycles. The molecule has 18 heavy (non-hydrogen) atoms. The van der Waals surface area contributed by atoms with E-state index in [4.69, 9.17) is 22.8 Å². The van der Waals surface area contributed by atoms with Crippen LogP contribution in [0.15, 0.2) is 12.1 Å². The van der Waals surface area contributed by atoms with Crippen molar-refractivity contribution < 1.29 is 4.74 Å². The van der Waals surface area contributed by atoms with Gasteiger partial charge in [-0.1, -0.05) is 32.4 Å². The van der Waals surface area contributed by atoms with Crippen LogP contribution in [0.2, 0.25) is 5.02 Å². The Kier molecular flexibility index (Phi) is 5.56. The zero-order chi connectivity index (χ0) is 13.7. The second kappa shape index (κ2) is 6.71. The number of benzene rings is 1. The van der Waals surface area contributed by atoms with Gasteiger partial charge in [-0.2, -0.15) is 0 Å². The summed E-state index contributed by atoms with van der Waals surface area (Å²) in [6.45, 7) is 6.41. The maximum Gasteiger partial charge on any atom is 0.125 e. The molecule has 2 heteroatoms. The van der Waals surface area contributed by atoms with Gasteiger partial charge in [0.05, 0.1) is 7.11 Å². The number of ether oxygens (including phenoxy) is 1. The quantitative estimate of drug-likeness (QED) is 0.681. The first kappa shape index (κ1) is 14.9. The molecule has 0 amide bonds. The van der Waals surface area contributed by atoms with Gasteiger partial charge in [-0.05, 0) is 41.5 Å². The molecular weight excluding hydrogens is 244 g/mol. The Morgan fingerprint density at radius 2 is 1.94 bits per heavy atom. The van der Waals surface area contributed by atoms with E-state index >= 15 is 0 Å². The number of hydrogen-bond donors (Lipinski definition) is 0. The lowest BCUT2D eigenvalue weighted by molar-refractivity contribution is 0.397. The predicted octanol–water partition coefficient (Wildman–Crippen LogP) is 4.99. The maximum absolute atomic E-state index is 6.22. The normalized spacial score (nSPS) is 12.3. The second-order valence-electron chi connectivity index (χ2n) is 4.79. The molecule has 0 aliphatic rings. The molecule has 1 nitrogen and oxygen atoms in total. The fourth-order valence-corrected chi connectivity index (χ4v) is 2.46. The Morgan fingerprint density at radius 1 is 1.33 bits per heavy atom. The van der Waals surface area contributed by atoms with Crippen molar-refractivity contribution in [2.75, 3.05) is 7.11 Å². The van der Waals surface area contributed by atoms with Gasteiger partial charge in [0.1, 0.15) is 5.75 Å². The Balaban J connectivity index is 3.37. The molecule has 1 aromatic carbocycles. The van der Waals surface area contributed by atoms with E-state index < -0.39 is 0 Å². The third-order valence-electron chi connectivity index (χ3n) is 3.23. The molecule has 0 radical (unpaired) electrons. The highest BCUT2D eigenvalue weighted by molar-refractivity contribution is 6.30. The third-order valence-corrected chi connectivity index (χ3v) is 3.45. The van der Waals surface area contributed by atoms with E-state index in [1.807, 2.05) is 12.1 Å². The van der Waals surface area contributed by atoms with E-state index in [1.54, 1.807) is 7.11 Å². The van der Waals surface area contributed by atoms with Crippen LogP contribution in [0.3, 0.4) is 0 Å². The van der Waals surface area contributed by atoms with Gasteiger partial charge in [-0.3, -0.25) is 0 Å². The number of terminal acetylenes is 1. The highest BCUT2D eigenvalue weighted by Crippen LogP contribution is 2.39. The average Bonchev–Trinajstić information content (AvgIpc) is 2.34. The lowest BCUT2D eigenvalue weighted by atomic mass is 9.89. The smallest absolute Gasteiger partial charge is 0.125 e. The van der Waals surface area contributed by atoms with E-state index in [1.165, 1.54) is 0 Å². The number of hydrogen-bond acceptors (Lipinski definition) is 1. The molecule has 1 aromatic rings. The third kappa shape index (κ3) is 3.21. The molecule has 0 bridgehead atoms. The fraction of sp³-hybridized carbons (Fsp3) is 0.500. The summed E-state index contributed by atoms with van der Waals surface area (Å²) in [6.07, 6.45) is 7.14. The van der Waals surface area contributed by atoms with Crippen LogP contribution in [0.4, 0.5) is 0 Å². The van der Waals surface area contributed by atoms with Crippen LogP contribution < -0.4 is 4.74 Å². The van der Waals surface area contributed by atoms with Crippen LogP contribution >= 0.6 is 11.6 Å². The van der Waals surface area contributed by atoms with Gasteiger partial charge < -0.3 is 4.74 Å². The van der Waals surface area contributed by atoms with Crippen LogP contribution in [0.1, 0.15) is 56.6 Å². The van der Waals surface area contributed by atoms with Crippen molar-refractivity contribution in [1.82, 2.24) is 0 Å². The Labute approximate surface area is 115 Å². The monoisotopic (exact) mass is 264 g/mol. The molecule has 0 N–H and O–H groups in total. The predicted molar refractivity (Wildman–Crippen MR) is 78.6 cm³/mol. The molecule has 0 fully saturated rings. The summed E-state index contributed by atoms with van der Waals surface area (Å²) in [4.78, 5) is 0. The Morgan fingerprint density at radius 3 is 2.39 bits per heavy atom. The average molecular weight is 265 g/mol. The molecular formula is C16H21ClO. The van der Waals surface area contributed by atoms with E-state index in [-0.39, 0.29) is 0 Å². The lowest BCUT2D eigenvalue weighted by Gasteiger charge is -2.21. The first-order valence-corrected chi connectivity index (χ1v) is 6.73. The SMILES string of the molecule is C#CCC(CC)c1cc(Cl)cc(C(C)C)c1OC. The minimum atomic E-state index is 0.307. The van der Waals surface area contributed by atoms with E-state index in [0.29, 0.717) is 18.3 Å². The van der Waals surface area contributed by atoms with Gasteiger partial charge >= 0.3 is 0 Å². The van der Waals surface area contributed by atoms with E-state index in [9.17, 15) is 0 Å². The van der Waals surface area contributed by atoms with Crippen LogP contribution in [0, 0.1) is 12.3 Å². The first-order chi connectivity index (χ1) is 8.54. The summed E-state index contributed by atoms with van der Waals surface area (Å²) in [5.74, 6) is 4.36. The zero-order valence-electron chi connectivity index (χ0n) is 11.6.